The third kappa shape index (κ3) is 5.91. The maximum atomic E-state index is 12.2. The molecule has 3 aromatic rings. The summed E-state index contributed by atoms with van der Waals surface area (Å²) in [6, 6.07) is 8.26. The van der Waals surface area contributed by atoms with Gasteiger partial charge in [0.25, 0.3) is 0 Å². The number of rotatable bonds is 7. The van der Waals surface area contributed by atoms with E-state index in [1.54, 1.807) is 12.4 Å². The quantitative estimate of drug-likeness (QED) is 0.624. The first-order valence-corrected chi connectivity index (χ1v) is 10.7. The Hall–Kier alpha value is -3.20. The highest BCUT2D eigenvalue weighted by molar-refractivity contribution is 5.75. The van der Waals surface area contributed by atoms with Crippen LogP contribution in [0.25, 0.3) is 11.4 Å². The Morgan fingerprint density at radius 1 is 1.13 bits per heavy atom. The molecule has 1 saturated heterocycles. The van der Waals surface area contributed by atoms with E-state index in [9.17, 15) is 4.79 Å². The molecule has 31 heavy (non-hydrogen) atoms. The van der Waals surface area contributed by atoms with Crippen LogP contribution in [0.5, 0.6) is 0 Å². The molecular formula is C22H28N8O. The van der Waals surface area contributed by atoms with Crippen molar-refractivity contribution in [2.24, 2.45) is 5.92 Å². The Balaban J connectivity index is 1.28. The fourth-order valence-electron chi connectivity index (χ4n) is 3.55. The fraction of sp³-hybridized carbons (Fsp3) is 0.455. The average Bonchev–Trinajstić information content (AvgIpc) is 3.24. The molecule has 4 rings (SSSR count). The molecule has 1 aliphatic rings. The molecule has 0 unspecified atom stereocenters. The molecule has 0 aliphatic carbocycles. The minimum atomic E-state index is -0.211. The number of aromatic nitrogens is 6. The van der Waals surface area contributed by atoms with Gasteiger partial charge in [-0.25, -0.2) is 0 Å². The molecule has 1 aliphatic heterocycles. The number of nitrogens with zero attached hydrogens (tertiary/aromatic N) is 7. The van der Waals surface area contributed by atoms with Gasteiger partial charge in [0.05, 0.1) is 24.1 Å². The lowest BCUT2D eigenvalue weighted by molar-refractivity contribution is -0.122. The lowest BCUT2D eigenvalue weighted by atomic mass is 9.99. The summed E-state index contributed by atoms with van der Waals surface area (Å²) in [4.78, 5) is 24.3. The van der Waals surface area contributed by atoms with E-state index in [4.69, 9.17) is 0 Å². The van der Waals surface area contributed by atoms with Crippen LogP contribution in [-0.4, -0.2) is 54.1 Å². The first-order valence-electron chi connectivity index (χ1n) is 10.7. The van der Waals surface area contributed by atoms with Crippen molar-refractivity contribution in [2.75, 3.05) is 13.1 Å². The van der Waals surface area contributed by atoms with Crippen LogP contribution in [0.1, 0.15) is 36.7 Å². The lowest BCUT2D eigenvalue weighted by Crippen LogP contribution is -2.32. The maximum absolute atomic E-state index is 12.2. The third-order valence-corrected chi connectivity index (χ3v) is 5.53. The van der Waals surface area contributed by atoms with Crippen LogP contribution in [0.3, 0.4) is 0 Å². The van der Waals surface area contributed by atoms with Crippen molar-refractivity contribution in [1.82, 2.24) is 40.4 Å². The van der Waals surface area contributed by atoms with E-state index in [1.165, 1.54) is 23.2 Å². The number of carbonyl (C=O) groups excluding carboxylic acids is 1. The largest absolute Gasteiger partial charge is 0.349 e. The standard InChI is InChI=1S/C22H28N8O/c1-16-7-9-29(10-8-16)14-18-3-5-19(6-4-18)22-26-28-30(27-22)15-21(31)25-13-20-12-23-17(2)11-24-20/h3-6,11-12,16H,7-10,13-15H2,1-2H3,(H,25,31). The van der Waals surface area contributed by atoms with Crippen molar-refractivity contribution < 1.29 is 4.79 Å². The summed E-state index contributed by atoms with van der Waals surface area (Å²) >= 11 is 0. The lowest BCUT2D eigenvalue weighted by Gasteiger charge is -2.30. The summed E-state index contributed by atoms with van der Waals surface area (Å²) in [6.45, 7) is 7.80. The Labute approximate surface area is 181 Å². The van der Waals surface area contributed by atoms with Gasteiger partial charge in [0.15, 0.2) is 0 Å². The number of hydrogen-bond acceptors (Lipinski definition) is 7. The van der Waals surface area contributed by atoms with Crippen LogP contribution >= 0.6 is 0 Å². The van der Waals surface area contributed by atoms with Gasteiger partial charge in [-0.1, -0.05) is 31.2 Å². The molecule has 0 bridgehead atoms. The van der Waals surface area contributed by atoms with Crippen molar-refractivity contribution in [3.8, 4) is 11.4 Å². The highest BCUT2D eigenvalue weighted by atomic mass is 16.2. The molecule has 1 fully saturated rings. The highest BCUT2D eigenvalue weighted by Gasteiger charge is 2.16. The van der Waals surface area contributed by atoms with Crippen LogP contribution in [0.4, 0.5) is 0 Å². The minimum Gasteiger partial charge on any atom is -0.349 e. The van der Waals surface area contributed by atoms with Crippen molar-refractivity contribution in [3.05, 3.63) is 53.6 Å². The molecule has 9 heteroatoms. The number of amides is 1. The number of likely N-dealkylation sites (tertiary alicyclic amines) is 1. The zero-order chi connectivity index (χ0) is 21.6. The molecule has 162 valence electrons. The summed E-state index contributed by atoms with van der Waals surface area (Å²) in [5, 5.41) is 15.2. The Bertz CT molecular complexity index is 991. The maximum Gasteiger partial charge on any atom is 0.244 e. The molecule has 0 saturated carbocycles. The smallest absolute Gasteiger partial charge is 0.244 e. The summed E-state index contributed by atoms with van der Waals surface area (Å²) in [7, 11) is 0. The van der Waals surface area contributed by atoms with Crippen LogP contribution in [0, 0.1) is 12.8 Å². The van der Waals surface area contributed by atoms with Crippen molar-refractivity contribution >= 4 is 5.91 Å². The summed E-state index contributed by atoms with van der Waals surface area (Å²) in [5.74, 6) is 1.14. The van der Waals surface area contributed by atoms with Gasteiger partial charge in [-0.05, 0) is 49.5 Å². The number of piperidine rings is 1. The van der Waals surface area contributed by atoms with Gasteiger partial charge < -0.3 is 5.32 Å². The molecule has 0 radical (unpaired) electrons. The van der Waals surface area contributed by atoms with Crippen LogP contribution < -0.4 is 5.32 Å². The fourth-order valence-corrected chi connectivity index (χ4v) is 3.55. The Morgan fingerprint density at radius 2 is 1.90 bits per heavy atom. The van der Waals surface area contributed by atoms with E-state index in [-0.39, 0.29) is 12.5 Å². The first kappa shape index (κ1) is 21.0. The van der Waals surface area contributed by atoms with Crippen LogP contribution in [-0.2, 0) is 24.4 Å². The predicted molar refractivity (Wildman–Crippen MR) is 116 cm³/mol. The van der Waals surface area contributed by atoms with Crippen molar-refractivity contribution in [2.45, 2.75) is 46.3 Å². The zero-order valence-electron chi connectivity index (χ0n) is 18.0. The molecule has 2 aromatic heterocycles. The number of nitrogens with one attached hydrogen (secondary N) is 1. The molecule has 1 N–H and O–H groups in total. The van der Waals surface area contributed by atoms with Gasteiger partial charge in [0, 0.05) is 18.3 Å². The van der Waals surface area contributed by atoms with E-state index in [0.717, 1.165) is 36.8 Å². The highest BCUT2D eigenvalue weighted by Crippen LogP contribution is 2.20. The summed E-state index contributed by atoms with van der Waals surface area (Å²) in [6.07, 6.45) is 5.87. The monoisotopic (exact) mass is 420 g/mol. The molecule has 3 heterocycles. The van der Waals surface area contributed by atoms with E-state index in [0.29, 0.717) is 18.1 Å². The Kier molecular flexibility index (Phi) is 6.61. The van der Waals surface area contributed by atoms with Gasteiger partial charge in [0.2, 0.25) is 11.7 Å². The Morgan fingerprint density at radius 3 is 2.61 bits per heavy atom. The van der Waals surface area contributed by atoms with Crippen LogP contribution in [0.2, 0.25) is 0 Å². The molecular weight excluding hydrogens is 392 g/mol. The van der Waals surface area contributed by atoms with Crippen molar-refractivity contribution in [3.63, 3.8) is 0 Å². The normalized spacial score (nSPS) is 15.2. The van der Waals surface area contributed by atoms with Crippen LogP contribution in [0.15, 0.2) is 36.7 Å². The predicted octanol–water partition coefficient (Wildman–Crippen LogP) is 1.99. The third-order valence-electron chi connectivity index (χ3n) is 5.53. The van der Waals surface area contributed by atoms with E-state index < -0.39 is 0 Å². The van der Waals surface area contributed by atoms with Crippen molar-refractivity contribution in [1.29, 1.82) is 0 Å². The molecule has 9 nitrogen and oxygen atoms in total. The number of hydrogen-bond donors (Lipinski definition) is 1. The summed E-state index contributed by atoms with van der Waals surface area (Å²) < 4.78 is 0. The van der Waals surface area contributed by atoms with E-state index in [1.807, 2.05) is 19.1 Å². The molecule has 1 amide bonds. The van der Waals surface area contributed by atoms with Gasteiger partial charge in [-0.15, -0.1) is 10.2 Å². The summed E-state index contributed by atoms with van der Waals surface area (Å²) in [5.41, 5.74) is 3.70. The second-order valence-corrected chi connectivity index (χ2v) is 8.22. The van der Waals surface area contributed by atoms with E-state index >= 15 is 0 Å². The average molecular weight is 421 g/mol. The molecule has 1 aromatic carbocycles. The van der Waals surface area contributed by atoms with Gasteiger partial charge in [-0.2, -0.15) is 4.80 Å². The first-order chi connectivity index (χ1) is 15.0. The minimum absolute atomic E-state index is 0.00223. The topological polar surface area (TPSA) is 102 Å². The van der Waals surface area contributed by atoms with E-state index in [2.05, 4.69) is 54.7 Å². The number of tetrazole rings is 1. The molecule has 0 atom stereocenters. The number of benzene rings is 1. The zero-order valence-corrected chi connectivity index (χ0v) is 18.0. The second kappa shape index (κ2) is 9.74. The SMILES string of the molecule is Cc1cnc(CNC(=O)Cn2nnc(-c3ccc(CN4CCC(C)CC4)cc3)n2)cn1. The second-order valence-electron chi connectivity index (χ2n) is 8.22. The molecule has 0 spiro atoms. The van der Waals surface area contributed by atoms with Gasteiger partial charge >= 0.3 is 0 Å². The number of carbonyl (C=O) groups is 1. The van der Waals surface area contributed by atoms with Gasteiger partial charge in [-0.3, -0.25) is 19.7 Å². The van der Waals surface area contributed by atoms with Gasteiger partial charge in [0.1, 0.15) is 6.54 Å². The number of aryl methyl sites for hydroxylation is 1.